The molecule has 9 nitrogen and oxygen atoms in total. The molecule has 2 fully saturated rings. The molecule has 0 radical (unpaired) electrons. The van der Waals surface area contributed by atoms with Gasteiger partial charge in [0.1, 0.15) is 23.3 Å². The van der Waals surface area contributed by atoms with Gasteiger partial charge in [-0.15, -0.1) is 0 Å². The third kappa shape index (κ3) is 3.34. The third-order valence-corrected chi connectivity index (χ3v) is 6.36. The van der Waals surface area contributed by atoms with Crippen molar-refractivity contribution in [3.8, 4) is 0 Å². The van der Waals surface area contributed by atoms with Gasteiger partial charge in [0.2, 0.25) is 5.95 Å². The van der Waals surface area contributed by atoms with E-state index in [9.17, 15) is 0 Å². The zero-order chi connectivity index (χ0) is 20.6. The highest BCUT2D eigenvalue weighted by molar-refractivity contribution is 6.03. The van der Waals surface area contributed by atoms with Gasteiger partial charge in [0.05, 0.1) is 29.0 Å². The Morgan fingerprint density at radius 2 is 1.84 bits per heavy atom. The van der Waals surface area contributed by atoms with Gasteiger partial charge in [0.15, 0.2) is 0 Å². The van der Waals surface area contributed by atoms with Gasteiger partial charge >= 0.3 is 0 Å². The fraction of sp³-hybridized carbons (Fsp3) is 0.409. The van der Waals surface area contributed by atoms with Crippen LogP contribution in [-0.2, 0) is 0 Å². The third-order valence-electron chi connectivity index (χ3n) is 6.36. The Morgan fingerprint density at radius 3 is 2.65 bits per heavy atom. The first-order chi connectivity index (χ1) is 15.4. The molecule has 4 aromatic heterocycles. The van der Waals surface area contributed by atoms with E-state index in [1.807, 2.05) is 24.7 Å². The molecule has 0 unspecified atom stereocenters. The molecule has 9 heteroatoms. The van der Waals surface area contributed by atoms with Gasteiger partial charge in [0, 0.05) is 38.4 Å². The Bertz CT molecular complexity index is 1210. The summed E-state index contributed by atoms with van der Waals surface area (Å²) < 4.78 is 2.31. The van der Waals surface area contributed by atoms with Crippen LogP contribution in [0.2, 0.25) is 0 Å². The minimum absolute atomic E-state index is 0.435. The molecule has 1 saturated heterocycles. The summed E-state index contributed by atoms with van der Waals surface area (Å²) in [6, 6.07) is 4.53. The van der Waals surface area contributed by atoms with Crippen LogP contribution in [0, 0.1) is 0 Å². The highest BCUT2D eigenvalue weighted by Gasteiger charge is 2.24. The summed E-state index contributed by atoms with van der Waals surface area (Å²) in [5.74, 6) is 1.28. The lowest BCUT2D eigenvalue weighted by molar-refractivity contribution is 0.546. The predicted molar refractivity (Wildman–Crippen MR) is 121 cm³/mol. The monoisotopic (exact) mass is 415 g/mol. The van der Waals surface area contributed by atoms with Crippen LogP contribution in [0.25, 0.3) is 22.1 Å². The molecular weight excluding hydrogens is 390 g/mol. The number of pyridine rings is 1. The Labute approximate surface area is 180 Å². The zero-order valence-corrected chi connectivity index (χ0v) is 17.3. The molecule has 0 spiro atoms. The molecule has 5 heterocycles. The maximum absolute atomic E-state index is 4.88. The number of hydrogen-bond donors (Lipinski definition) is 2. The van der Waals surface area contributed by atoms with Crippen molar-refractivity contribution < 1.29 is 0 Å². The van der Waals surface area contributed by atoms with Crippen molar-refractivity contribution in [3.63, 3.8) is 0 Å². The van der Waals surface area contributed by atoms with E-state index in [-0.39, 0.29) is 0 Å². The Kier molecular flexibility index (Phi) is 4.60. The standard InChI is InChI=1S/C22H25N9/c1-2-4-15(3-1)31-18-13-24-14-27-20(18)17-12-26-22(29-21(17)31)28-19-6-5-16(11-25-19)30-9-7-23-8-10-30/h5-6,11-15,23H,1-4,7-10H2,(H,25,26,28,29). The van der Waals surface area contributed by atoms with Crippen molar-refractivity contribution in [2.45, 2.75) is 31.7 Å². The molecule has 0 aromatic carbocycles. The Hall–Kier alpha value is -3.33. The summed E-state index contributed by atoms with van der Waals surface area (Å²) in [5, 5.41) is 7.62. The van der Waals surface area contributed by atoms with Crippen molar-refractivity contribution in [1.29, 1.82) is 0 Å². The lowest BCUT2D eigenvalue weighted by Crippen LogP contribution is -2.43. The summed E-state index contributed by atoms with van der Waals surface area (Å²) in [5.41, 5.74) is 4.01. The van der Waals surface area contributed by atoms with Gasteiger partial charge in [-0.05, 0) is 25.0 Å². The Balaban J connectivity index is 1.33. The molecule has 31 heavy (non-hydrogen) atoms. The lowest BCUT2D eigenvalue weighted by atomic mass is 10.2. The molecule has 2 N–H and O–H groups in total. The molecule has 0 amide bonds. The molecule has 1 aliphatic carbocycles. The van der Waals surface area contributed by atoms with Crippen LogP contribution in [0.3, 0.4) is 0 Å². The Morgan fingerprint density at radius 1 is 0.968 bits per heavy atom. The van der Waals surface area contributed by atoms with Crippen LogP contribution in [0.1, 0.15) is 31.7 Å². The maximum Gasteiger partial charge on any atom is 0.230 e. The van der Waals surface area contributed by atoms with Gasteiger partial charge in [-0.25, -0.2) is 19.9 Å². The minimum Gasteiger partial charge on any atom is -0.368 e. The topological polar surface area (TPSA) is 96.7 Å². The first-order valence-corrected chi connectivity index (χ1v) is 11.0. The average Bonchev–Trinajstić information content (AvgIpc) is 3.46. The number of piperazine rings is 1. The van der Waals surface area contributed by atoms with Crippen LogP contribution >= 0.6 is 0 Å². The molecular formula is C22H25N9. The smallest absolute Gasteiger partial charge is 0.230 e. The second kappa shape index (κ2) is 7.73. The first kappa shape index (κ1) is 18.4. The molecule has 1 aliphatic heterocycles. The summed E-state index contributed by atoms with van der Waals surface area (Å²) in [7, 11) is 0. The summed E-state index contributed by atoms with van der Waals surface area (Å²) in [6.45, 7) is 4.02. The number of aromatic nitrogens is 6. The molecule has 2 aliphatic rings. The van der Waals surface area contributed by atoms with Crippen LogP contribution in [0.5, 0.6) is 0 Å². The number of nitrogens with one attached hydrogen (secondary N) is 2. The number of nitrogens with zero attached hydrogens (tertiary/aromatic N) is 7. The molecule has 1 saturated carbocycles. The van der Waals surface area contributed by atoms with Gasteiger partial charge < -0.3 is 20.1 Å². The number of anilines is 3. The summed E-state index contributed by atoms with van der Waals surface area (Å²) in [6.07, 6.45) is 12.1. The van der Waals surface area contributed by atoms with Gasteiger partial charge in [-0.2, -0.15) is 4.98 Å². The normalized spacial score (nSPS) is 17.6. The summed E-state index contributed by atoms with van der Waals surface area (Å²) >= 11 is 0. The summed E-state index contributed by atoms with van der Waals surface area (Å²) in [4.78, 5) is 25.1. The zero-order valence-electron chi connectivity index (χ0n) is 17.3. The molecule has 6 rings (SSSR count). The average molecular weight is 416 g/mol. The molecule has 4 aromatic rings. The van der Waals surface area contributed by atoms with Gasteiger partial charge in [-0.1, -0.05) is 12.8 Å². The maximum atomic E-state index is 4.88. The molecule has 0 bridgehead atoms. The predicted octanol–water partition coefficient (Wildman–Crippen LogP) is 3.04. The van der Waals surface area contributed by atoms with Gasteiger partial charge in [-0.3, -0.25) is 0 Å². The number of fused-ring (bicyclic) bond motifs is 3. The fourth-order valence-electron chi connectivity index (χ4n) is 4.82. The molecule has 0 atom stereocenters. The van der Waals surface area contributed by atoms with E-state index < -0.39 is 0 Å². The van der Waals surface area contributed by atoms with Crippen molar-refractivity contribution >= 4 is 39.5 Å². The minimum atomic E-state index is 0.435. The highest BCUT2D eigenvalue weighted by atomic mass is 15.2. The van der Waals surface area contributed by atoms with Crippen LogP contribution < -0.4 is 15.5 Å². The van der Waals surface area contributed by atoms with E-state index in [1.54, 1.807) is 6.33 Å². The second-order valence-electron chi connectivity index (χ2n) is 8.26. The quantitative estimate of drug-likeness (QED) is 0.525. The van der Waals surface area contributed by atoms with Crippen molar-refractivity contribution in [2.24, 2.45) is 0 Å². The van der Waals surface area contributed by atoms with Crippen molar-refractivity contribution in [1.82, 2.24) is 34.8 Å². The second-order valence-corrected chi connectivity index (χ2v) is 8.26. The van der Waals surface area contributed by atoms with E-state index in [2.05, 4.69) is 46.1 Å². The van der Waals surface area contributed by atoms with E-state index in [0.717, 1.165) is 72.6 Å². The number of hydrogen-bond acceptors (Lipinski definition) is 8. The van der Waals surface area contributed by atoms with Crippen molar-refractivity contribution in [3.05, 3.63) is 37.1 Å². The highest BCUT2D eigenvalue weighted by Crippen LogP contribution is 2.36. The lowest BCUT2D eigenvalue weighted by Gasteiger charge is -2.29. The van der Waals surface area contributed by atoms with E-state index in [0.29, 0.717) is 12.0 Å². The SMILES string of the molecule is c1ncc2c(n1)c1cnc(Nc3ccc(N4CCNCC4)cn3)nc1n2C1CCCC1. The van der Waals surface area contributed by atoms with Crippen LogP contribution in [-0.4, -0.2) is 55.7 Å². The first-order valence-electron chi connectivity index (χ1n) is 11.0. The van der Waals surface area contributed by atoms with Crippen LogP contribution in [0.4, 0.5) is 17.5 Å². The molecule has 158 valence electrons. The van der Waals surface area contributed by atoms with Gasteiger partial charge in [0.25, 0.3) is 0 Å². The fourth-order valence-corrected chi connectivity index (χ4v) is 4.82. The van der Waals surface area contributed by atoms with E-state index >= 15 is 0 Å². The number of rotatable bonds is 4. The van der Waals surface area contributed by atoms with Crippen LogP contribution in [0.15, 0.2) is 37.1 Å². The van der Waals surface area contributed by atoms with Crippen molar-refractivity contribution in [2.75, 3.05) is 36.4 Å². The van der Waals surface area contributed by atoms with E-state index in [4.69, 9.17) is 4.98 Å². The van der Waals surface area contributed by atoms with E-state index in [1.165, 1.54) is 12.8 Å². The largest absolute Gasteiger partial charge is 0.368 e.